The van der Waals surface area contributed by atoms with Crippen LogP contribution in [0.25, 0.3) is 0 Å². The molecule has 10 heteroatoms. The molecule has 0 aliphatic carbocycles. The molecule has 3 aromatic rings. The zero-order valence-electron chi connectivity index (χ0n) is 17.1. The van der Waals surface area contributed by atoms with Crippen molar-refractivity contribution in [3.8, 4) is 11.5 Å². The molecule has 3 amide bonds. The van der Waals surface area contributed by atoms with E-state index in [0.717, 1.165) is 4.31 Å². The van der Waals surface area contributed by atoms with Gasteiger partial charge >= 0.3 is 6.03 Å². The summed E-state index contributed by atoms with van der Waals surface area (Å²) in [7, 11) is 3.00. The van der Waals surface area contributed by atoms with Crippen LogP contribution in [0.1, 0.15) is 10.4 Å². The number of halogens is 2. The maximum atomic E-state index is 13.8. The maximum absolute atomic E-state index is 13.8. The van der Waals surface area contributed by atoms with Gasteiger partial charge in [0.15, 0.2) is 0 Å². The monoisotopic (exact) mass is 519 g/mol. The van der Waals surface area contributed by atoms with E-state index in [2.05, 4.69) is 39.4 Å². The average molecular weight is 520 g/mol. The molecule has 0 bridgehead atoms. The number of hydrogen-bond donors (Lipinski definition) is 3. The van der Waals surface area contributed by atoms with E-state index in [9.17, 15) is 14.0 Å². The van der Waals surface area contributed by atoms with Crippen molar-refractivity contribution >= 4 is 57.7 Å². The van der Waals surface area contributed by atoms with Gasteiger partial charge in [-0.05, 0) is 58.4 Å². The van der Waals surface area contributed by atoms with Crippen molar-refractivity contribution in [1.82, 2.24) is 0 Å². The van der Waals surface area contributed by atoms with Crippen LogP contribution < -0.4 is 24.4 Å². The van der Waals surface area contributed by atoms with E-state index in [-0.39, 0.29) is 5.56 Å². The van der Waals surface area contributed by atoms with Crippen molar-refractivity contribution in [1.29, 1.82) is 0 Å². The van der Waals surface area contributed by atoms with Gasteiger partial charge in [0, 0.05) is 11.8 Å². The predicted octanol–water partition coefficient (Wildman–Crippen LogP) is 5.74. The second-order valence-corrected chi connectivity index (χ2v) is 7.66. The fourth-order valence-electron chi connectivity index (χ4n) is 2.77. The molecule has 0 spiro atoms. The number of methoxy groups -OCH3 is 2. The number of urea groups is 1. The number of carbonyl (C=O) groups is 2. The lowest BCUT2D eigenvalue weighted by atomic mass is 10.2. The fourth-order valence-corrected chi connectivity index (χ4v) is 3.46. The zero-order chi connectivity index (χ0) is 23.3. The van der Waals surface area contributed by atoms with Crippen LogP contribution in [0.3, 0.4) is 0 Å². The van der Waals surface area contributed by atoms with E-state index < -0.39 is 17.8 Å². The number of ether oxygens (including phenoxy) is 2. The Morgan fingerprint density at radius 3 is 2.25 bits per heavy atom. The average Bonchev–Trinajstić information content (AvgIpc) is 2.79. The fraction of sp³-hybridized carbons (Fsp3) is 0.0909. The summed E-state index contributed by atoms with van der Waals surface area (Å²) in [5, 5.41) is 5.32. The number of hydrogen-bond acceptors (Lipinski definition) is 5. The third kappa shape index (κ3) is 5.32. The minimum absolute atomic E-state index is 0.0635. The number of amides is 3. The first-order valence-electron chi connectivity index (χ1n) is 9.21. The van der Waals surface area contributed by atoms with Crippen LogP contribution in [-0.2, 0) is 0 Å². The van der Waals surface area contributed by atoms with Crippen molar-refractivity contribution in [2.24, 2.45) is 0 Å². The summed E-state index contributed by atoms with van der Waals surface area (Å²) in [5.41, 5.74) is 1.23. The Morgan fingerprint density at radius 1 is 0.969 bits per heavy atom. The lowest BCUT2D eigenvalue weighted by Crippen LogP contribution is -2.27. The van der Waals surface area contributed by atoms with Gasteiger partial charge in [0.2, 0.25) is 0 Å². The highest BCUT2D eigenvalue weighted by Crippen LogP contribution is 2.36. The highest BCUT2D eigenvalue weighted by atomic mass is 79.9. The molecule has 166 valence electrons. The molecule has 0 aliphatic heterocycles. The summed E-state index contributed by atoms with van der Waals surface area (Å²) in [5.74, 6) is -0.226. The summed E-state index contributed by atoms with van der Waals surface area (Å²) < 4.78 is 26.0. The highest BCUT2D eigenvalue weighted by molar-refractivity contribution is 9.10. The molecule has 0 radical (unpaired) electrons. The summed E-state index contributed by atoms with van der Waals surface area (Å²) in [6.07, 6.45) is 0. The number of nitrogens with zero attached hydrogens (tertiary/aromatic N) is 1. The Hall–Kier alpha value is -3.24. The quantitative estimate of drug-likeness (QED) is 0.362. The molecular formula is C22H19BrFN3O4S. The smallest absolute Gasteiger partial charge is 0.336 e. The summed E-state index contributed by atoms with van der Waals surface area (Å²) >= 11 is 7.62. The van der Waals surface area contributed by atoms with Crippen LogP contribution in [0.2, 0.25) is 0 Å². The summed E-state index contributed by atoms with van der Waals surface area (Å²) in [6, 6.07) is 14.8. The Morgan fingerprint density at radius 2 is 1.62 bits per heavy atom. The first kappa shape index (κ1) is 23.4. The van der Waals surface area contributed by atoms with Gasteiger partial charge in [-0.25, -0.2) is 13.5 Å². The van der Waals surface area contributed by atoms with Gasteiger partial charge in [0.1, 0.15) is 17.3 Å². The van der Waals surface area contributed by atoms with Gasteiger partial charge in [0.25, 0.3) is 5.91 Å². The molecule has 0 aliphatic rings. The van der Waals surface area contributed by atoms with Crippen LogP contribution in [0, 0.1) is 5.82 Å². The first-order valence-corrected chi connectivity index (χ1v) is 10.4. The second-order valence-electron chi connectivity index (χ2n) is 6.41. The Labute approximate surface area is 198 Å². The van der Waals surface area contributed by atoms with Gasteiger partial charge < -0.3 is 20.1 Å². The van der Waals surface area contributed by atoms with E-state index in [0.29, 0.717) is 33.0 Å². The molecule has 7 nitrogen and oxygen atoms in total. The number of nitrogens with one attached hydrogen (secondary N) is 2. The molecule has 0 heterocycles. The zero-order valence-corrected chi connectivity index (χ0v) is 19.5. The Kier molecular flexibility index (Phi) is 7.60. The third-order valence-corrected chi connectivity index (χ3v) is 5.43. The van der Waals surface area contributed by atoms with Gasteiger partial charge in [-0.2, -0.15) is 0 Å². The van der Waals surface area contributed by atoms with Crippen LogP contribution in [0.5, 0.6) is 11.5 Å². The third-order valence-electron chi connectivity index (χ3n) is 4.40. The van der Waals surface area contributed by atoms with Gasteiger partial charge in [-0.15, -0.1) is 0 Å². The van der Waals surface area contributed by atoms with E-state index in [1.807, 2.05) is 0 Å². The minimum atomic E-state index is -0.611. The van der Waals surface area contributed by atoms with Crippen LogP contribution in [-0.4, -0.2) is 26.2 Å². The Bertz CT molecular complexity index is 1140. The van der Waals surface area contributed by atoms with E-state index in [1.165, 1.54) is 32.4 Å². The molecule has 32 heavy (non-hydrogen) atoms. The topological polar surface area (TPSA) is 79.9 Å². The van der Waals surface area contributed by atoms with Crippen molar-refractivity contribution in [3.63, 3.8) is 0 Å². The lowest BCUT2D eigenvalue weighted by Gasteiger charge is -2.19. The molecule has 3 aromatic carbocycles. The molecule has 0 saturated carbocycles. The van der Waals surface area contributed by atoms with E-state index >= 15 is 0 Å². The minimum Gasteiger partial charge on any atom is -0.495 e. The number of rotatable bonds is 6. The van der Waals surface area contributed by atoms with Crippen molar-refractivity contribution < 1.29 is 23.5 Å². The predicted molar refractivity (Wildman–Crippen MR) is 129 cm³/mol. The first-order chi connectivity index (χ1) is 15.3. The van der Waals surface area contributed by atoms with Crippen molar-refractivity contribution in [2.75, 3.05) is 29.2 Å². The SMILES string of the molecule is COc1cc(OC)c(NC(=O)N(S)c2ccc(NC(=O)c3ccccc3F)cc2)cc1Br. The number of anilines is 3. The van der Waals surface area contributed by atoms with Crippen LogP contribution >= 0.6 is 28.7 Å². The van der Waals surface area contributed by atoms with Crippen LogP contribution in [0.4, 0.5) is 26.2 Å². The maximum Gasteiger partial charge on any atom is 0.336 e. The Balaban J connectivity index is 1.70. The summed E-state index contributed by atoms with van der Waals surface area (Å²) in [4.78, 5) is 24.9. The molecule has 2 N–H and O–H groups in total. The number of benzene rings is 3. The van der Waals surface area contributed by atoms with Gasteiger partial charge in [0.05, 0.1) is 35.6 Å². The number of thiol groups is 1. The molecule has 0 saturated heterocycles. The van der Waals surface area contributed by atoms with Crippen molar-refractivity contribution in [3.05, 3.63) is 76.5 Å². The molecule has 0 atom stereocenters. The molecule has 3 rings (SSSR count). The van der Waals surface area contributed by atoms with Crippen LogP contribution in [0.15, 0.2) is 65.1 Å². The van der Waals surface area contributed by atoms with Gasteiger partial charge in [-0.1, -0.05) is 24.9 Å². The largest absolute Gasteiger partial charge is 0.495 e. The normalized spacial score (nSPS) is 10.3. The lowest BCUT2D eigenvalue weighted by molar-refractivity contribution is 0.102. The molecular weight excluding hydrogens is 501 g/mol. The second kappa shape index (κ2) is 10.4. The van der Waals surface area contributed by atoms with E-state index in [1.54, 1.807) is 42.5 Å². The molecule has 0 unspecified atom stereocenters. The van der Waals surface area contributed by atoms with Gasteiger partial charge in [-0.3, -0.25) is 4.79 Å². The molecule has 0 aromatic heterocycles. The van der Waals surface area contributed by atoms with E-state index in [4.69, 9.17) is 9.47 Å². The summed E-state index contributed by atoms with van der Waals surface area (Å²) in [6.45, 7) is 0. The molecule has 0 fully saturated rings. The standard InChI is InChI=1S/C22H19BrFN3O4S/c1-30-19-12-20(31-2)18(11-16(19)23)26-22(29)27(32)14-9-7-13(8-10-14)25-21(28)15-5-3-4-6-17(15)24/h3-12,32H,1-2H3,(H,25,28)(H,26,29). The highest BCUT2D eigenvalue weighted by Gasteiger charge is 2.17. The van der Waals surface area contributed by atoms with Crippen molar-refractivity contribution in [2.45, 2.75) is 0 Å². The number of carbonyl (C=O) groups excluding carboxylic acids is 2.